The van der Waals surface area contributed by atoms with E-state index in [4.69, 9.17) is 0 Å². The van der Waals surface area contributed by atoms with Crippen LogP contribution in [0.2, 0.25) is 0 Å². The summed E-state index contributed by atoms with van der Waals surface area (Å²) < 4.78 is 12.9. The number of halogens is 1. The van der Waals surface area contributed by atoms with Crippen LogP contribution in [-0.4, -0.2) is 12.5 Å². The summed E-state index contributed by atoms with van der Waals surface area (Å²) in [7, 11) is 0.512. The van der Waals surface area contributed by atoms with Gasteiger partial charge in [-0.1, -0.05) is 17.8 Å². The first-order valence-corrected chi connectivity index (χ1v) is 7.43. The third kappa shape index (κ3) is 4.13. The molecule has 0 saturated heterocycles. The van der Waals surface area contributed by atoms with Crippen LogP contribution in [0.3, 0.4) is 0 Å². The average molecular weight is 497 g/mol. The van der Waals surface area contributed by atoms with Crippen LogP contribution >= 0.6 is 0 Å². The maximum absolute atomic E-state index is 12.9. The van der Waals surface area contributed by atoms with Crippen molar-refractivity contribution in [3.8, 4) is 0 Å². The molecule has 1 heterocycles. The van der Waals surface area contributed by atoms with Crippen LogP contribution in [0, 0.1) is 19.9 Å². The van der Waals surface area contributed by atoms with Crippen molar-refractivity contribution in [1.82, 2.24) is 4.98 Å². The number of hydrogen-bond acceptors (Lipinski definition) is 2. The van der Waals surface area contributed by atoms with E-state index in [1.165, 1.54) is 0 Å². The molecule has 0 aliphatic rings. The van der Waals surface area contributed by atoms with Crippen LogP contribution < -0.4 is 10.5 Å². The van der Waals surface area contributed by atoms with Crippen molar-refractivity contribution in [2.45, 2.75) is 13.8 Å². The largest absolute Gasteiger partial charge is 0.411 e. The first kappa shape index (κ1) is 18.4. The van der Waals surface area contributed by atoms with Gasteiger partial charge in [-0.3, -0.25) is 0 Å². The first-order chi connectivity index (χ1) is 11.2. The van der Waals surface area contributed by atoms with E-state index in [0.29, 0.717) is 19.0 Å². The summed E-state index contributed by atoms with van der Waals surface area (Å²) in [4.78, 5) is 6.36. The van der Waals surface area contributed by atoms with E-state index in [-0.39, 0.29) is 21.1 Å². The molecule has 0 spiro atoms. The Kier molecular flexibility index (Phi) is 6.33. The van der Waals surface area contributed by atoms with Crippen LogP contribution in [0.15, 0.2) is 60.7 Å². The van der Waals surface area contributed by atoms with Gasteiger partial charge in [-0.2, -0.15) is 24.3 Å². The number of nitrogens with zero attached hydrogens (tertiary/aromatic N) is 2. The fraction of sp³-hybridized carbons (Fsp3) is 0.105. The summed E-state index contributed by atoms with van der Waals surface area (Å²) in [5.74, 6) is 0.656. The molecule has 24 heavy (non-hydrogen) atoms. The van der Waals surface area contributed by atoms with E-state index in [9.17, 15) is 4.32 Å². The first-order valence-electron chi connectivity index (χ1n) is 7.43. The summed E-state index contributed by atoms with van der Waals surface area (Å²) in [5.41, 5.74) is 4.46. The van der Waals surface area contributed by atoms with Crippen molar-refractivity contribution < 1.29 is 25.4 Å². The molecule has 3 rings (SSSR count). The molecule has 0 aliphatic carbocycles. The maximum atomic E-state index is 12.9. The number of anilines is 3. The van der Waals surface area contributed by atoms with Crippen LogP contribution in [-0.2, 0) is 21.1 Å². The van der Waals surface area contributed by atoms with Gasteiger partial charge in [0.25, 0.3) is 0 Å². The van der Waals surface area contributed by atoms with Gasteiger partial charge in [0.2, 0.25) is 0 Å². The van der Waals surface area contributed by atoms with Crippen molar-refractivity contribution in [3.05, 3.63) is 77.9 Å². The van der Waals surface area contributed by atoms with Crippen molar-refractivity contribution in [2.24, 2.45) is 0 Å². The zero-order valence-corrected chi connectivity index (χ0v) is 15.7. The minimum absolute atomic E-state index is 0. The normalized spacial score (nSPS) is 9.96. The molecule has 2 aromatic carbocycles. The zero-order chi connectivity index (χ0) is 16.2. The topological polar surface area (TPSA) is 16.1 Å². The fourth-order valence-corrected chi connectivity index (χ4v) is 2.62. The molecule has 1 radical (unpaired) electrons. The second-order valence-electron chi connectivity index (χ2n) is 5.46. The Hall–Kier alpha value is -1.93. The fourth-order valence-electron chi connectivity index (χ4n) is 2.62. The molecule has 2 nitrogen and oxygen atoms in total. The smallest absolute Gasteiger partial charge is 0.333 e. The molecule has 0 atom stereocenters. The predicted octanol–water partition coefficient (Wildman–Crippen LogP) is 4.18. The third-order valence-electron chi connectivity index (χ3n) is 3.50. The van der Waals surface area contributed by atoms with Crippen molar-refractivity contribution >= 4 is 30.3 Å². The molecular weight excluding hydrogens is 481 g/mol. The van der Waals surface area contributed by atoms with Crippen molar-refractivity contribution in [1.29, 1.82) is 0 Å². The Bertz CT molecular complexity index is 791. The molecule has 1 aromatic heterocycles. The van der Waals surface area contributed by atoms with Gasteiger partial charge in [-0.25, -0.2) is 4.98 Å². The monoisotopic (exact) mass is 497 g/mol. The van der Waals surface area contributed by atoms with Crippen molar-refractivity contribution in [3.63, 3.8) is 0 Å². The Labute approximate surface area is 157 Å². The SMILES string of the molecule is Cc1cc(C)cc(N(c2[c-]cccc2)c2cccc([B]F)n2)c1.[Pt]. The van der Waals surface area contributed by atoms with E-state index in [0.717, 1.165) is 22.5 Å². The summed E-state index contributed by atoms with van der Waals surface area (Å²) >= 11 is 0. The number of aromatic nitrogens is 1. The van der Waals surface area contributed by atoms with Crippen LogP contribution in [0.4, 0.5) is 21.5 Å². The second kappa shape index (κ2) is 8.25. The molecule has 0 amide bonds. The number of aryl methyl sites for hydroxylation is 2. The molecule has 5 heteroatoms. The molecule has 123 valence electrons. The summed E-state index contributed by atoms with van der Waals surface area (Å²) in [6.45, 7) is 4.12. The minimum atomic E-state index is 0. The third-order valence-corrected chi connectivity index (χ3v) is 3.50. The van der Waals surface area contributed by atoms with Gasteiger partial charge in [-0.05, 0) is 49.2 Å². The van der Waals surface area contributed by atoms with Gasteiger partial charge in [0.1, 0.15) is 5.82 Å². The van der Waals surface area contributed by atoms with Crippen LogP contribution in [0.25, 0.3) is 0 Å². The number of para-hydroxylation sites is 1. The summed E-state index contributed by atoms with van der Waals surface area (Å²) in [6.07, 6.45) is 0. The summed E-state index contributed by atoms with van der Waals surface area (Å²) in [5, 5.41) is 0. The van der Waals surface area contributed by atoms with E-state index >= 15 is 0 Å². The van der Waals surface area contributed by atoms with E-state index in [1.807, 2.05) is 35.2 Å². The second-order valence-corrected chi connectivity index (χ2v) is 5.46. The Morgan fingerprint density at radius 3 is 2.38 bits per heavy atom. The van der Waals surface area contributed by atoms with Gasteiger partial charge >= 0.3 is 7.56 Å². The van der Waals surface area contributed by atoms with Gasteiger partial charge in [0.05, 0.1) is 0 Å². The van der Waals surface area contributed by atoms with Gasteiger partial charge in [0, 0.05) is 32.3 Å². The molecule has 0 fully saturated rings. The molecule has 0 saturated carbocycles. The van der Waals surface area contributed by atoms with E-state index in [2.05, 4.69) is 43.1 Å². The number of pyridine rings is 1. The number of rotatable bonds is 4. The number of benzene rings is 2. The quantitative estimate of drug-likeness (QED) is 0.398. The Balaban J connectivity index is 0.00000208. The number of hydrogen-bond donors (Lipinski definition) is 0. The molecule has 0 N–H and O–H groups in total. The van der Waals surface area contributed by atoms with Crippen LogP contribution in [0.1, 0.15) is 11.1 Å². The van der Waals surface area contributed by atoms with Crippen LogP contribution in [0.5, 0.6) is 0 Å². The van der Waals surface area contributed by atoms with Gasteiger partial charge in [-0.15, -0.1) is 6.07 Å². The maximum Gasteiger partial charge on any atom is 0.411 e. The molecule has 0 bridgehead atoms. The molecule has 0 aliphatic heterocycles. The van der Waals surface area contributed by atoms with Gasteiger partial charge < -0.3 is 9.22 Å². The average Bonchev–Trinajstić information content (AvgIpc) is 2.55. The zero-order valence-electron chi connectivity index (χ0n) is 13.4. The molecule has 0 unspecified atom stereocenters. The Morgan fingerprint density at radius 1 is 1.00 bits per heavy atom. The standard InChI is InChI=1S/C19H16BFN2.Pt/c1-14-11-15(2)13-17(12-14)23(16-7-4-3-5-8-16)19-10-6-9-18(20-21)22-19;/h3-7,9-13H,1-2H3;/q-1;. The molecular formula is C19H16BFN2Pt-. The van der Waals surface area contributed by atoms with Crippen molar-refractivity contribution in [2.75, 3.05) is 4.90 Å². The van der Waals surface area contributed by atoms with E-state index < -0.39 is 0 Å². The van der Waals surface area contributed by atoms with Gasteiger partial charge in [0.15, 0.2) is 0 Å². The van der Waals surface area contributed by atoms with E-state index in [1.54, 1.807) is 12.1 Å². The minimum Gasteiger partial charge on any atom is -0.333 e. The Morgan fingerprint density at radius 2 is 1.75 bits per heavy atom. The summed E-state index contributed by atoms with van der Waals surface area (Å²) in [6, 6.07) is 22.5. The predicted molar refractivity (Wildman–Crippen MR) is 93.7 cm³/mol. The molecule has 3 aromatic rings.